The van der Waals surface area contributed by atoms with Crippen molar-refractivity contribution in [1.82, 2.24) is 0 Å². The lowest BCUT2D eigenvalue weighted by Crippen LogP contribution is -2.40. The highest BCUT2D eigenvalue weighted by atomic mass is 19.4. The number of benzene rings is 5. The van der Waals surface area contributed by atoms with E-state index in [1.807, 2.05) is 0 Å². The number of hydrogen-bond donors (Lipinski definition) is 9. The monoisotopic (exact) mass is 784 g/mol. The summed E-state index contributed by atoms with van der Waals surface area (Å²) in [5, 5.41) is 56.2. The first kappa shape index (κ1) is 40.4. The van der Waals surface area contributed by atoms with E-state index in [1.54, 1.807) is 0 Å². The molecule has 0 aromatic heterocycles. The number of phenols is 5. The number of carbonyl (C=O) groups is 2. The summed E-state index contributed by atoms with van der Waals surface area (Å²) in [6.07, 6.45) is -9.94. The number of hydrogen-bond acceptors (Lipinski definition) is 9. The van der Waals surface area contributed by atoms with Gasteiger partial charge in [-0.2, -0.15) is 26.3 Å². The summed E-state index contributed by atoms with van der Waals surface area (Å²) in [6.45, 7) is 3.07. The maximum Gasteiger partial charge on any atom is 0.402 e. The second-order valence-corrected chi connectivity index (χ2v) is 13.4. The van der Waals surface area contributed by atoms with Gasteiger partial charge in [0, 0.05) is 0 Å². The molecule has 0 spiro atoms. The van der Waals surface area contributed by atoms with E-state index in [0.29, 0.717) is 0 Å². The smallest absolute Gasteiger partial charge is 0.402 e. The molecule has 56 heavy (non-hydrogen) atoms. The number of carbonyl (C=O) groups excluding carboxylic acids is 2. The van der Waals surface area contributed by atoms with Crippen molar-refractivity contribution < 1.29 is 61.5 Å². The zero-order chi connectivity index (χ0) is 41.7. The first-order valence-electron chi connectivity index (χ1n) is 16.3. The van der Waals surface area contributed by atoms with Crippen molar-refractivity contribution in [3.05, 3.63) is 124 Å². The molecule has 11 N–H and O–H groups in total. The Hall–Kier alpha value is -6.78. The van der Waals surface area contributed by atoms with E-state index in [0.717, 1.165) is 98.8 Å². The summed E-state index contributed by atoms with van der Waals surface area (Å²) < 4.78 is 88.2. The molecular formula is C39H34F6N4O7. The van der Waals surface area contributed by atoms with Gasteiger partial charge in [-0.1, -0.05) is 24.3 Å². The molecule has 11 nitrogen and oxygen atoms in total. The molecule has 2 atom stereocenters. The number of aryl methyl sites for hydroxylation is 1. The molecule has 0 aliphatic heterocycles. The van der Waals surface area contributed by atoms with Crippen LogP contribution in [0.3, 0.4) is 0 Å². The van der Waals surface area contributed by atoms with Gasteiger partial charge in [0.05, 0.1) is 33.9 Å². The van der Waals surface area contributed by atoms with Crippen molar-refractivity contribution in [2.45, 2.75) is 44.0 Å². The number of phenolic OH excluding ortho intramolecular Hbond substituents is 5. The quantitative estimate of drug-likeness (QED) is 0.0424. The van der Waals surface area contributed by atoms with Crippen LogP contribution in [0.2, 0.25) is 0 Å². The second kappa shape index (κ2) is 14.1. The van der Waals surface area contributed by atoms with Crippen molar-refractivity contribution >= 4 is 34.6 Å². The number of nitrogen functional groups attached to an aromatic ring is 2. The topological polar surface area (TPSA) is 211 Å². The van der Waals surface area contributed by atoms with Gasteiger partial charge in [-0.3, -0.25) is 9.59 Å². The molecule has 5 aromatic carbocycles. The largest absolute Gasteiger partial charge is 0.506 e. The van der Waals surface area contributed by atoms with Gasteiger partial charge in [0.15, 0.2) is 0 Å². The van der Waals surface area contributed by atoms with Gasteiger partial charge in [-0.25, -0.2) is 0 Å². The fourth-order valence-electron chi connectivity index (χ4n) is 6.12. The number of amides is 2. The van der Waals surface area contributed by atoms with Crippen LogP contribution in [-0.4, -0.2) is 49.7 Å². The molecule has 0 aliphatic carbocycles. The van der Waals surface area contributed by atoms with Crippen molar-refractivity contribution in [3.63, 3.8) is 0 Å². The SMILES string of the molecule is Cc1cc(C(=O)Nc2cc(C(C)(c3ccc(O)c(N)c3)C(F)(F)F)ccc2O)c(O)c(C(=O)Nc2cc(C(C)(c3ccc(O)c(N)c3)C(F)(F)F)ccc2O)c1. The highest BCUT2D eigenvalue weighted by molar-refractivity contribution is 6.12. The van der Waals surface area contributed by atoms with Gasteiger partial charge in [0.1, 0.15) is 39.6 Å². The number of nitrogens with one attached hydrogen (secondary N) is 2. The van der Waals surface area contributed by atoms with E-state index >= 15 is 0 Å². The Labute approximate surface area is 314 Å². The van der Waals surface area contributed by atoms with E-state index in [9.17, 15) is 61.5 Å². The van der Waals surface area contributed by atoms with Crippen molar-refractivity contribution in [1.29, 1.82) is 0 Å². The predicted molar refractivity (Wildman–Crippen MR) is 195 cm³/mol. The lowest BCUT2D eigenvalue weighted by atomic mass is 9.75. The van der Waals surface area contributed by atoms with Crippen LogP contribution in [0.25, 0.3) is 0 Å². The van der Waals surface area contributed by atoms with Crippen LogP contribution in [-0.2, 0) is 10.8 Å². The Morgan fingerprint density at radius 1 is 0.518 bits per heavy atom. The minimum Gasteiger partial charge on any atom is -0.506 e. The zero-order valence-electron chi connectivity index (χ0n) is 29.6. The maximum atomic E-state index is 14.7. The van der Waals surface area contributed by atoms with Crippen LogP contribution >= 0.6 is 0 Å². The Kier molecular flexibility index (Phi) is 10.2. The average molecular weight is 785 g/mol. The minimum atomic E-state index is -4.97. The summed E-state index contributed by atoms with van der Waals surface area (Å²) in [4.78, 5) is 27.0. The number of nitrogens with two attached hydrogens (primary N) is 2. The van der Waals surface area contributed by atoms with Gasteiger partial charge in [0.2, 0.25) is 0 Å². The average Bonchev–Trinajstić information content (AvgIpc) is 3.11. The first-order chi connectivity index (χ1) is 25.9. The standard InChI is InChI=1S/C39H34F6N4O7/c1-18-12-23(34(55)48-27-16-21(6-10-31(27)52)36(2,38(40,41)42)19-4-8-29(50)25(46)14-19)33(54)24(13-18)35(56)49-28-17-22(7-11-32(28)53)37(3,39(43,44)45)20-5-9-30(51)26(47)15-20/h4-17,50-54H,46-47H2,1-3H3,(H,48,55)(H,49,56). The van der Waals surface area contributed by atoms with Crippen LogP contribution in [0.15, 0.2) is 84.9 Å². The summed E-state index contributed by atoms with van der Waals surface area (Å²) in [6, 6.07) is 13.5. The number of halogens is 6. The first-order valence-corrected chi connectivity index (χ1v) is 16.3. The van der Waals surface area contributed by atoms with Crippen LogP contribution in [0.1, 0.15) is 62.4 Å². The third-order valence-corrected chi connectivity index (χ3v) is 9.73. The second-order valence-electron chi connectivity index (χ2n) is 13.4. The molecule has 294 valence electrons. The number of rotatable bonds is 8. The Balaban J connectivity index is 1.49. The summed E-state index contributed by atoms with van der Waals surface area (Å²) in [7, 11) is 0. The van der Waals surface area contributed by atoms with E-state index in [2.05, 4.69) is 10.6 Å². The highest BCUT2D eigenvalue weighted by Crippen LogP contribution is 2.50. The number of aromatic hydroxyl groups is 5. The minimum absolute atomic E-state index is 0.193. The molecule has 2 unspecified atom stereocenters. The molecule has 0 heterocycles. The third kappa shape index (κ3) is 7.10. The van der Waals surface area contributed by atoms with Gasteiger partial charge in [-0.15, -0.1) is 0 Å². The van der Waals surface area contributed by atoms with E-state index in [4.69, 9.17) is 11.5 Å². The summed E-state index contributed by atoms with van der Waals surface area (Å²) >= 11 is 0. The molecule has 0 bridgehead atoms. The van der Waals surface area contributed by atoms with Crippen LogP contribution in [0.5, 0.6) is 28.7 Å². The van der Waals surface area contributed by atoms with Gasteiger partial charge >= 0.3 is 12.4 Å². The lowest BCUT2D eigenvalue weighted by Gasteiger charge is -2.34. The van der Waals surface area contributed by atoms with Crippen LogP contribution < -0.4 is 22.1 Å². The van der Waals surface area contributed by atoms with Gasteiger partial charge < -0.3 is 47.6 Å². The fraction of sp³-hybridized carbons (Fsp3) is 0.179. The summed E-state index contributed by atoms with van der Waals surface area (Å²) in [5.74, 6) is -5.57. The zero-order valence-corrected chi connectivity index (χ0v) is 29.6. The fourth-order valence-corrected chi connectivity index (χ4v) is 6.12. The Bertz CT molecular complexity index is 2220. The van der Waals surface area contributed by atoms with E-state index < -0.39 is 97.4 Å². The van der Waals surface area contributed by atoms with Crippen molar-refractivity contribution in [3.8, 4) is 28.7 Å². The molecular weight excluding hydrogens is 750 g/mol. The predicted octanol–water partition coefficient (Wildman–Crippen LogP) is 7.93. The molecule has 0 saturated heterocycles. The van der Waals surface area contributed by atoms with E-state index in [1.165, 1.54) is 6.92 Å². The van der Waals surface area contributed by atoms with E-state index in [-0.39, 0.29) is 28.1 Å². The number of alkyl halides is 6. The lowest BCUT2D eigenvalue weighted by molar-refractivity contribution is -0.173. The third-order valence-electron chi connectivity index (χ3n) is 9.73. The van der Waals surface area contributed by atoms with Gasteiger partial charge in [0.25, 0.3) is 11.8 Å². The van der Waals surface area contributed by atoms with Crippen LogP contribution in [0, 0.1) is 6.92 Å². The van der Waals surface area contributed by atoms with Crippen molar-refractivity contribution in [2.75, 3.05) is 22.1 Å². The molecule has 0 aliphatic rings. The molecule has 0 radical (unpaired) electrons. The molecule has 0 saturated carbocycles. The van der Waals surface area contributed by atoms with Crippen molar-refractivity contribution in [2.24, 2.45) is 0 Å². The molecule has 5 aromatic rings. The molecule has 2 amide bonds. The Morgan fingerprint density at radius 3 is 1.12 bits per heavy atom. The highest BCUT2D eigenvalue weighted by Gasteiger charge is 2.55. The maximum absolute atomic E-state index is 14.7. The molecule has 0 fully saturated rings. The van der Waals surface area contributed by atoms with Gasteiger partial charge in [-0.05, 0) is 109 Å². The number of anilines is 4. The summed E-state index contributed by atoms with van der Waals surface area (Å²) in [5.41, 5.74) is 1.42. The van der Waals surface area contributed by atoms with Crippen LogP contribution in [0.4, 0.5) is 49.1 Å². The normalized spacial score (nSPS) is 14.0. The Morgan fingerprint density at radius 2 is 0.821 bits per heavy atom. The molecule has 17 heteroatoms. The molecule has 5 rings (SSSR count).